The van der Waals surface area contributed by atoms with Crippen LogP contribution in [0.1, 0.15) is 0 Å². The fraction of sp³-hybridized carbons (Fsp3) is 0. The molecule has 0 amide bonds. The SMILES string of the molecule is ClOCl.O=C([O-])[O-].[NH4+].[Zr]. The summed E-state index contributed by atoms with van der Waals surface area (Å²) in [7, 11) is 0. The quantitative estimate of drug-likeness (QED) is 0.614. The number of carboxylic acid groups (broad SMARTS) is 2. The maximum atomic E-state index is 8.33. The summed E-state index contributed by atoms with van der Waals surface area (Å²) in [4.78, 5) is 8.33. The van der Waals surface area contributed by atoms with Gasteiger partial charge in [-0.2, -0.15) is 3.84 Å². The maximum absolute atomic E-state index is 8.33. The third-order valence-electron chi connectivity index (χ3n) is 0. The van der Waals surface area contributed by atoms with Crippen molar-refractivity contribution in [3.05, 3.63) is 0 Å². The van der Waals surface area contributed by atoms with Gasteiger partial charge in [-0.3, -0.25) is 0 Å². The van der Waals surface area contributed by atoms with Crippen molar-refractivity contribution in [1.82, 2.24) is 6.15 Å². The van der Waals surface area contributed by atoms with Gasteiger partial charge in [-0.1, -0.05) is 0 Å². The molecule has 0 aromatic heterocycles. The third kappa shape index (κ3) is 898. The van der Waals surface area contributed by atoms with E-state index in [1.165, 1.54) is 0 Å². The van der Waals surface area contributed by atoms with Crippen LogP contribution in [-0.2, 0) is 30.0 Å². The predicted octanol–water partition coefficient (Wildman–Crippen LogP) is -0.763. The third-order valence-corrected chi connectivity index (χ3v) is 0. The maximum Gasteiger partial charge on any atom is 0.0832 e. The molecule has 0 atom stereocenters. The van der Waals surface area contributed by atoms with E-state index in [9.17, 15) is 0 Å². The smallest absolute Gasteiger partial charge is 0.0832 e. The first-order valence-electron chi connectivity index (χ1n) is 0.921. The Labute approximate surface area is 80.9 Å². The van der Waals surface area contributed by atoms with Crippen molar-refractivity contribution in [2.75, 3.05) is 0 Å². The Balaban J connectivity index is -0.0000000233. The van der Waals surface area contributed by atoms with Gasteiger partial charge in [0.2, 0.25) is 0 Å². The van der Waals surface area contributed by atoms with E-state index in [1.807, 2.05) is 0 Å². The molecular formula is CH4Cl2NO4Zr-. The molecule has 0 radical (unpaired) electrons. The molecule has 0 rings (SSSR count). The van der Waals surface area contributed by atoms with Crippen LogP contribution in [0.25, 0.3) is 0 Å². The second kappa shape index (κ2) is 23.4. The first kappa shape index (κ1) is 22.6. The molecule has 4 N–H and O–H groups in total. The van der Waals surface area contributed by atoms with Crippen molar-refractivity contribution in [2.45, 2.75) is 0 Å². The van der Waals surface area contributed by atoms with Crippen LogP contribution in [0, 0.1) is 0 Å². The normalized spacial score (nSPS) is 4.67. The molecule has 0 bridgehead atoms. The first-order chi connectivity index (χ1) is 3.15. The average molecular weight is 256 g/mol. The average Bonchev–Trinajstić information content (AvgIpc) is 1.33. The van der Waals surface area contributed by atoms with Gasteiger partial charge in [-0.05, 0) is 6.16 Å². The Kier molecular flexibility index (Phi) is 58.8. The van der Waals surface area contributed by atoms with Gasteiger partial charge in [-0.15, -0.1) is 0 Å². The summed E-state index contributed by atoms with van der Waals surface area (Å²) < 4.78 is 3.19. The van der Waals surface area contributed by atoms with Gasteiger partial charge in [0, 0.05) is 26.2 Å². The van der Waals surface area contributed by atoms with E-state index in [-0.39, 0.29) is 32.4 Å². The van der Waals surface area contributed by atoms with Crippen LogP contribution in [0.15, 0.2) is 0 Å². The van der Waals surface area contributed by atoms with E-state index in [0.717, 1.165) is 0 Å². The largest absolute Gasteiger partial charge is 0.652 e. The van der Waals surface area contributed by atoms with Crippen LogP contribution >= 0.6 is 23.7 Å². The molecule has 5 nitrogen and oxygen atoms in total. The molecule has 0 aliphatic rings. The second-order valence-electron chi connectivity index (χ2n) is 0.308. The van der Waals surface area contributed by atoms with E-state index in [2.05, 4.69) is 27.6 Å². The van der Waals surface area contributed by atoms with Crippen molar-refractivity contribution < 1.29 is 45.1 Å². The van der Waals surface area contributed by atoms with Crippen molar-refractivity contribution in [2.24, 2.45) is 0 Å². The van der Waals surface area contributed by atoms with Gasteiger partial charge in [0.25, 0.3) is 0 Å². The minimum Gasteiger partial charge on any atom is -0.652 e. The standard InChI is InChI=1S/CH2O3.Cl2O.H3N.Zr/c2-1(3)4;1-3-2;;/h(H2,2,3,4);;1H3;/p-1. The van der Waals surface area contributed by atoms with Gasteiger partial charge in [-0.25, -0.2) is 0 Å². The number of carbonyl (C=O) groups is 1. The Morgan fingerprint density at radius 3 is 1.33 bits per heavy atom. The van der Waals surface area contributed by atoms with Gasteiger partial charge >= 0.3 is 0 Å². The summed E-state index contributed by atoms with van der Waals surface area (Å²) in [6.45, 7) is 0. The fourth-order valence-corrected chi connectivity index (χ4v) is 0. The van der Waals surface area contributed by atoms with Gasteiger partial charge in [0.05, 0.1) is 23.7 Å². The van der Waals surface area contributed by atoms with Gasteiger partial charge in [0.15, 0.2) is 0 Å². The zero-order chi connectivity index (χ0) is 6.28. The van der Waals surface area contributed by atoms with Crippen molar-refractivity contribution >= 4 is 29.9 Å². The molecule has 0 heterocycles. The topological polar surface area (TPSA) is 109 Å². The minimum atomic E-state index is -2.33. The number of hydrogen-bond donors (Lipinski definition) is 1. The summed E-state index contributed by atoms with van der Waals surface area (Å²) in [6.07, 6.45) is -2.33. The number of carbonyl (C=O) groups excluding carboxylic acids is 1. The zero-order valence-corrected chi connectivity index (χ0v) is 8.36. The summed E-state index contributed by atoms with van der Waals surface area (Å²) in [5.41, 5.74) is 0. The molecule has 0 fully saturated rings. The van der Waals surface area contributed by atoms with Crippen LogP contribution in [0.2, 0.25) is 0 Å². The molecule has 0 spiro atoms. The van der Waals surface area contributed by atoms with E-state index >= 15 is 0 Å². The molecular weight excluding hydrogens is 252 g/mol. The first-order valence-corrected chi connectivity index (χ1v) is 1.54. The Hall–Kier alpha value is 0.653. The van der Waals surface area contributed by atoms with Crippen LogP contribution in [0.3, 0.4) is 0 Å². The number of halogens is 2. The van der Waals surface area contributed by atoms with E-state index in [1.54, 1.807) is 0 Å². The summed E-state index contributed by atoms with van der Waals surface area (Å²) >= 11 is 8.53. The van der Waals surface area contributed by atoms with Crippen LogP contribution in [0.4, 0.5) is 4.79 Å². The molecule has 9 heavy (non-hydrogen) atoms. The minimum absolute atomic E-state index is 0. The predicted molar refractivity (Wildman–Crippen MR) is 24.2 cm³/mol. The van der Waals surface area contributed by atoms with Crippen molar-refractivity contribution in [3.63, 3.8) is 0 Å². The molecule has 0 aromatic carbocycles. The molecule has 0 aromatic rings. The molecule has 0 unspecified atom stereocenters. The monoisotopic (exact) mass is 254 g/mol. The molecule has 0 saturated carbocycles. The summed E-state index contributed by atoms with van der Waals surface area (Å²) in [5.74, 6) is 0. The summed E-state index contributed by atoms with van der Waals surface area (Å²) in [6, 6.07) is 0. The zero-order valence-electron chi connectivity index (χ0n) is 4.39. The second-order valence-corrected chi connectivity index (χ2v) is 0.775. The van der Waals surface area contributed by atoms with Gasteiger partial charge < -0.3 is 21.2 Å². The van der Waals surface area contributed by atoms with Crippen molar-refractivity contribution in [1.29, 1.82) is 0 Å². The number of quaternary nitrogens is 1. The summed E-state index contributed by atoms with van der Waals surface area (Å²) in [5, 5.41) is 16.7. The van der Waals surface area contributed by atoms with Crippen LogP contribution in [-0.4, -0.2) is 6.16 Å². The van der Waals surface area contributed by atoms with Crippen LogP contribution < -0.4 is 16.4 Å². The molecule has 0 aliphatic carbocycles. The molecule has 8 heteroatoms. The van der Waals surface area contributed by atoms with E-state index in [4.69, 9.17) is 15.0 Å². The fourth-order valence-electron chi connectivity index (χ4n) is 0. The molecule has 0 saturated heterocycles. The Bertz CT molecular complexity index is 49.8. The van der Waals surface area contributed by atoms with Crippen molar-refractivity contribution in [3.8, 4) is 0 Å². The van der Waals surface area contributed by atoms with E-state index in [0.29, 0.717) is 0 Å². The Morgan fingerprint density at radius 2 is 1.33 bits per heavy atom. The van der Waals surface area contributed by atoms with E-state index < -0.39 is 6.16 Å². The number of rotatable bonds is 0. The Morgan fingerprint density at radius 1 is 1.33 bits per heavy atom. The molecule has 0 aliphatic heterocycles. The molecule has 56 valence electrons. The van der Waals surface area contributed by atoms with Crippen LogP contribution in [0.5, 0.6) is 0 Å². The number of hydrogen-bond acceptors (Lipinski definition) is 4. The van der Waals surface area contributed by atoms with Gasteiger partial charge in [0.1, 0.15) is 0 Å².